The van der Waals surface area contributed by atoms with E-state index in [9.17, 15) is 4.79 Å². The van der Waals surface area contributed by atoms with Gasteiger partial charge in [0.15, 0.2) is 0 Å². The molecule has 0 aromatic rings. The van der Waals surface area contributed by atoms with E-state index < -0.39 is 5.12 Å². The molecule has 1 amide bonds. The largest absolute Gasteiger partial charge is 0.306 e. The molecule has 0 aromatic carbocycles. The summed E-state index contributed by atoms with van der Waals surface area (Å²) in [4.78, 5) is 11.8. The molecule has 1 atom stereocenters. The predicted molar refractivity (Wildman–Crippen MR) is 75.3 cm³/mol. The summed E-state index contributed by atoms with van der Waals surface area (Å²) in [6.45, 7) is 3.79. The van der Waals surface area contributed by atoms with Gasteiger partial charge in [-0.3, -0.25) is 15.5 Å². The summed E-state index contributed by atoms with van der Waals surface area (Å²) in [5.41, 5.74) is 3.55. The molecule has 5 nitrogen and oxygen atoms in total. The first-order valence-corrected chi connectivity index (χ1v) is 7.69. The standard InChI is InChI=1S/C12H22N4OS/c1-3-18-12(13-10-7-5-4-6-8-10)14-11(17)9(2)15-16-12/h10,13,16H,3-8H2,1-2H3,(H,14,17)/t12-/m0/s1. The topological polar surface area (TPSA) is 65.5 Å². The molecule has 102 valence electrons. The van der Waals surface area contributed by atoms with E-state index in [0.717, 1.165) is 5.75 Å². The van der Waals surface area contributed by atoms with Crippen molar-refractivity contribution in [1.82, 2.24) is 16.1 Å². The molecule has 1 heterocycles. The van der Waals surface area contributed by atoms with Crippen LogP contribution in [0.3, 0.4) is 0 Å². The Bertz CT molecular complexity index is 341. The van der Waals surface area contributed by atoms with E-state index in [0.29, 0.717) is 11.8 Å². The second-order valence-electron chi connectivity index (χ2n) is 4.86. The molecule has 1 saturated carbocycles. The average molecular weight is 270 g/mol. The number of hydrazone groups is 1. The second-order valence-corrected chi connectivity index (χ2v) is 6.34. The molecule has 0 bridgehead atoms. The molecule has 2 rings (SSSR count). The Morgan fingerprint density at radius 1 is 1.44 bits per heavy atom. The van der Waals surface area contributed by atoms with Crippen molar-refractivity contribution >= 4 is 23.4 Å². The van der Waals surface area contributed by atoms with Gasteiger partial charge in [-0.1, -0.05) is 37.9 Å². The Kier molecular flexibility index (Phi) is 4.50. The highest BCUT2D eigenvalue weighted by Gasteiger charge is 2.37. The highest BCUT2D eigenvalue weighted by atomic mass is 32.2. The summed E-state index contributed by atoms with van der Waals surface area (Å²) in [6.07, 6.45) is 6.20. The summed E-state index contributed by atoms with van der Waals surface area (Å²) in [6, 6.07) is 0.458. The lowest BCUT2D eigenvalue weighted by molar-refractivity contribution is -0.117. The van der Waals surface area contributed by atoms with Crippen LogP contribution >= 0.6 is 11.8 Å². The van der Waals surface area contributed by atoms with Gasteiger partial charge in [0.05, 0.1) is 0 Å². The zero-order valence-corrected chi connectivity index (χ0v) is 11.9. The predicted octanol–water partition coefficient (Wildman–Crippen LogP) is 1.37. The normalized spacial score (nSPS) is 29.4. The lowest BCUT2D eigenvalue weighted by Gasteiger charge is -2.40. The smallest absolute Gasteiger partial charge is 0.270 e. The fraction of sp³-hybridized carbons (Fsp3) is 0.833. The number of carbonyl (C=O) groups is 1. The van der Waals surface area contributed by atoms with Crippen LogP contribution in [0.25, 0.3) is 0 Å². The molecule has 1 aliphatic heterocycles. The molecule has 0 aromatic heterocycles. The number of rotatable bonds is 4. The Hall–Kier alpha value is -0.750. The molecule has 0 spiro atoms. The van der Waals surface area contributed by atoms with Gasteiger partial charge in [0.1, 0.15) is 5.71 Å². The summed E-state index contributed by atoms with van der Waals surface area (Å²) in [7, 11) is 0. The van der Waals surface area contributed by atoms with Gasteiger partial charge < -0.3 is 5.32 Å². The van der Waals surface area contributed by atoms with Crippen LogP contribution in [0.5, 0.6) is 0 Å². The molecule has 1 aliphatic carbocycles. The van der Waals surface area contributed by atoms with Crippen LogP contribution in [0.2, 0.25) is 0 Å². The van der Waals surface area contributed by atoms with Crippen LogP contribution in [0, 0.1) is 0 Å². The first-order chi connectivity index (χ1) is 8.65. The monoisotopic (exact) mass is 270 g/mol. The van der Waals surface area contributed by atoms with Crippen LogP contribution in [0.4, 0.5) is 0 Å². The minimum atomic E-state index is -0.632. The molecule has 3 N–H and O–H groups in total. The number of nitrogens with zero attached hydrogens (tertiary/aromatic N) is 1. The van der Waals surface area contributed by atoms with Crippen LogP contribution in [-0.2, 0) is 4.79 Å². The summed E-state index contributed by atoms with van der Waals surface area (Å²) in [5, 5.41) is 10.0. The zero-order valence-electron chi connectivity index (χ0n) is 11.1. The Balaban J connectivity index is 2.04. The highest BCUT2D eigenvalue weighted by molar-refractivity contribution is 8.00. The molecule has 0 unspecified atom stereocenters. The van der Waals surface area contributed by atoms with E-state index in [1.54, 1.807) is 18.7 Å². The third-order valence-electron chi connectivity index (χ3n) is 3.37. The van der Waals surface area contributed by atoms with Gasteiger partial charge in [-0.25, -0.2) is 0 Å². The van der Waals surface area contributed by atoms with Gasteiger partial charge in [0.2, 0.25) is 5.12 Å². The Labute approximate surface area is 113 Å². The van der Waals surface area contributed by atoms with Gasteiger partial charge in [0, 0.05) is 6.04 Å². The highest BCUT2D eigenvalue weighted by Crippen LogP contribution is 2.24. The Morgan fingerprint density at radius 3 is 2.78 bits per heavy atom. The summed E-state index contributed by atoms with van der Waals surface area (Å²) in [5.74, 6) is 0.805. The van der Waals surface area contributed by atoms with E-state index in [2.05, 4.69) is 28.1 Å². The minimum absolute atomic E-state index is 0.0991. The lowest BCUT2D eigenvalue weighted by atomic mass is 9.95. The van der Waals surface area contributed by atoms with E-state index in [-0.39, 0.29) is 5.91 Å². The van der Waals surface area contributed by atoms with Crippen molar-refractivity contribution in [1.29, 1.82) is 0 Å². The molecular formula is C12H22N4OS. The minimum Gasteiger partial charge on any atom is -0.306 e. The van der Waals surface area contributed by atoms with Gasteiger partial charge >= 0.3 is 0 Å². The first-order valence-electron chi connectivity index (χ1n) is 6.71. The molecule has 2 aliphatic rings. The van der Waals surface area contributed by atoms with Crippen molar-refractivity contribution in [3.8, 4) is 0 Å². The number of nitrogens with one attached hydrogen (secondary N) is 3. The van der Waals surface area contributed by atoms with Crippen LogP contribution in [0.15, 0.2) is 5.10 Å². The van der Waals surface area contributed by atoms with Crippen molar-refractivity contribution in [2.75, 3.05) is 5.75 Å². The third-order valence-corrected chi connectivity index (χ3v) is 4.41. The quantitative estimate of drug-likeness (QED) is 0.675. The van der Waals surface area contributed by atoms with Gasteiger partial charge in [-0.2, -0.15) is 5.10 Å². The van der Waals surface area contributed by atoms with Gasteiger partial charge in [-0.05, 0) is 25.5 Å². The van der Waals surface area contributed by atoms with E-state index in [4.69, 9.17) is 0 Å². The number of thioether (sulfide) groups is 1. The maximum atomic E-state index is 11.8. The molecule has 0 radical (unpaired) electrons. The third kappa shape index (κ3) is 3.17. The van der Waals surface area contributed by atoms with Crippen molar-refractivity contribution in [3.05, 3.63) is 0 Å². The van der Waals surface area contributed by atoms with Crippen molar-refractivity contribution < 1.29 is 4.79 Å². The second kappa shape index (κ2) is 5.93. The fourth-order valence-electron chi connectivity index (χ4n) is 2.42. The summed E-state index contributed by atoms with van der Waals surface area (Å²) >= 11 is 1.64. The van der Waals surface area contributed by atoms with E-state index in [1.807, 2.05) is 0 Å². The fourth-order valence-corrected chi connectivity index (χ4v) is 3.38. The molecule has 18 heavy (non-hydrogen) atoms. The maximum Gasteiger partial charge on any atom is 0.270 e. The number of hydrogen-bond donors (Lipinski definition) is 3. The zero-order chi connectivity index (χ0) is 13.0. The van der Waals surface area contributed by atoms with Crippen molar-refractivity contribution in [2.45, 2.75) is 57.1 Å². The van der Waals surface area contributed by atoms with Crippen molar-refractivity contribution in [2.24, 2.45) is 5.10 Å². The van der Waals surface area contributed by atoms with Crippen LogP contribution in [0.1, 0.15) is 46.0 Å². The van der Waals surface area contributed by atoms with Crippen LogP contribution < -0.4 is 16.1 Å². The van der Waals surface area contributed by atoms with Crippen molar-refractivity contribution in [3.63, 3.8) is 0 Å². The van der Waals surface area contributed by atoms with E-state index >= 15 is 0 Å². The lowest BCUT2D eigenvalue weighted by Crippen LogP contribution is -2.69. The first kappa shape index (κ1) is 13.7. The van der Waals surface area contributed by atoms with Crippen LogP contribution in [-0.4, -0.2) is 28.5 Å². The average Bonchev–Trinajstić information content (AvgIpc) is 2.36. The molecule has 1 fully saturated rings. The van der Waals surface area contributed by atoms with Gasteiger partial charge in [-0.15, -0.1) is 0 Å². The Morgan fingerprint density at radius 2 is 2.17 bits per heavy atom. The molecule has 6 heteroatoms. The SMILES string of the molecule is CCS[C@]1(NC2CCCCC2)NN=C(C)C(=O)N1. The number of carbonyl (C=O) groups excluding carboxylic acids is 1. The molecular weight excluding hydrogens is 248 g/mol. The number of amides is 1. The summed E-state index contributed by atoms with van der Waals surface area (Å²) < 4.78 is 0. The molecule has 0 saturated heterocycles. The van der Waals surface area contributed by atoms with Gasteiger partial charge in [0.25, 0.3) is 5.91 Å². The van der Waals surface area contributed by atoms with E-state index in [1.165, 1.54) is 32.1 Å². The number of hydrogen-bond acceptors (Lipinski definition) is 5. The maximum absolute atomic E-state index is 11.8.